The topological polar surface area (TPSA) is 15.3 Å². The lowest BCUT2D eigenvalue weighted by atomic mass is 10.1. The van der Waals surface area contributed by atoms with Gasteiger partial charge in [0.25, 0.3) is 0 Å². The van der Waals surface area contributed by atoms with Gasteiger partial charge in [-0.05, 0) is 12.6 Å². The average molecular weight is 178 g/mol. The molecule has 1 aliphatic heterocycles. The van der Waals surface area contributed by atoms with Crippen molar-refractivity contribution in [2.75, 3.05) is 20.1 Å². The highest BCUT2D eigenvalue weighted by molar-refractivity contribution is 5.14. The van der Waals surface area contributed by atoms with Crippen molar-refractivity contribution in [1.82, 2.24) is 10.2 Å². The van der Waals surface area contributed by atoms with Crippen molar-refractivity contribution < 1.29 is 1.43 Å². The molecule has 72 valence electrons. The van der Waals surface area contributed by atoms with Gasteiger partial charge in [0.05, 0.1) is 0 Å². The van der Waals surface area contributed by atoms with Gasteiger partial charge in [-0.3, -0.25) is 0 Å². The lowest BCUT2D eigenvalue weighted by Crippen LogP contribution is -2.55. The van der Waals surface area contributed by atoms with E-state index in [4.69, 9.17) is 0 Å². The normalized spacial score (nSPS) is 18.5. The molecule has 1 aromatic carbocycles. The van der Waals surface area contributed by atoms with Crippen molar-refractivity contribution in [1.29, 1.82) is 0 Å². The van der Waals surface area contributed by atoms with Gasteiger partial charge in [-0.2, -0.15) is 0 Å². The number of likely N-dealkylation sites (tertiary alicyclic amines) is 1. The molecule has 0 amide bonds. The van der Waals surface area contributed by atoms with E-state index in [2.05, 4.69) is 47.6 Å². The van der Waals surface area contributed by atoms with Gasteiger partial charge >= 0.3 is 0 Å². The van der Waals surface area contributed by atoms with Crippen LogP contribution < -0.4 is 5.32 Å². The fourth-order valence-corrected chi connectivity index (χ4v) is 1.69. The second kappa shape index (κ2) is 3.90. The number of likely N-dealkylation sites (N-methyl/N-ethyl adjacent to an activating group) is 1. The molecule has 0 atom stereocenters. The van der Waals surface area contributed by atoms with Crippen molar-refractivity contribution >= 4 is 0 Å². The third-order valence-corrected chi connectivity index (χ3v) is 2.50. The number of hydrogen-bond acceptors (Lipinski definition) is 2. The molecular weight excluding hydrogens is 160 g/mol. The van der Waals surface area contributed by atoms with E-state index in [0.29, 0.717) is 6.04 Å². The van der Waals surface area contributed by atoms with Gasteiger partial charge in [-0.25, -0.2) is 0 Å². The highest BCUT2D eigenvalue weighted by Gasteiger charge is 2.21. The molecule has 0 saturated carbocycles. The molecule has 2 rings (SSSR count). The Morgan fingerprint density at radius 1 is 1.38 bits per heavy atom. The molecular formula is C11H18N2. The largest absolute Gasteiger partial charge is 0.307 e. The summed E-state index contributed by atoms with van der Waals surface area (Å²) in [5.74, 6) is 0. The van der Waals surface area contributed by atoms with E-state index < -0.39 is 0 Å². The summed E-state index contributed by atoms with van der Waals surface area (Å²) in [5, 5.41) is 3.52. The third-order valence-electron chi connectivity index (χ3n) is 2.50. The summed E-state index contributed by atoms with van der Waals surface area (Å²) in [6.07, 6.45) is 0. The fourth-order valence-electron chi connectivity index (χ4n) is 1.69. The van der Waals surface area contributed by atoms with Crippen LogP contribution in [-0.4, -0.2) is 31.1 Å². The van der Waals surface area contributed by atoms with E-state index in [0.717, 1.165) is 6.54 Å². The number of nitrogens with zero attached hydrogens (tertiary/aromatic N) is 1. The Labute approximate surface area is 81.0 Å². The van der Waals surface area contributed by atoms with Crippen molar-refractivity contribution in [2.45, 2.75) is 12.6 Å². The Bertz CT molecular complexity index is 257. The quantitative estimate of drug-likeness (QED) is 0.751. The van der Waals surface area contributed by atoms with Crippen molar-refractivity contribution in [3.63, 3.8) is 0 Å². The summed E-state index contributed by atoms with van der Waals surface area (Å²) < 4.78 is 0. The Balaban J connectivity index is 0.000000980. The summed E-state index contributed by atoms with van der Waals surface area (Å²) in [4.78, 5) is 2.32. The maximum Gasteiger partial charge on any atom is 0.0325 e. The molecule has 0 radical (unpaired) electrons. The van der Waals surface area contributed by atoms with Gasteiger partial charge in [0.2, 0.25) is 0 Å². The third kappa shape index (κ3) is 2.29. The van der Waals surface area contributed by atoms with Crippen LogP contribution in [0.3, 0.4) is 0 Å². The zero-order valence-electron chi connectivity index (χ0n) is 8.03. The summed E-state index contributed by atoms with van der Waals surface area (Å²) in [7, 11) is 2.15. The van der Waals surface area contributed by atoms with Crippen LogP contribution >= 0.6 is 0 Å². The first-order chi connectivity index (χ1) is 6.34. The molecule has 1 fully saturated rings. The summed E-state index contributed by atoms with van der Waals surface area (Å²) >= 11 is 0. The minimum atomic E-state index is 0. The smallest absolute Gasteiger partial charge is 0.0325 e. The van der Waals surface area contributed by atoms with E-state index in [9.17, 15) is 0 Å². The van der Waals surface area contributed by atoms with Gasteiger partial charge in [0.15, 0.2) is 0 Å². The molecule has 0 aliphatic carbocycles. The SMILES string of the molecule is CN1CC(NCc2ccccc2)C1.[HH]. The monoisotopic (exact) mass is 178 g/mol. The molecule has 1 aromatic rings. The molecule has 0 spiro atoms. The predicted octanol–water partition coefficient (Wildman–Crippen LogP) is 1.34. The lowest BCUT2D eigenvalue weighted by Gasteiger charge is -2.36. The molecule has 1 N–H and O–H groups in total. The minimum Gasteiger partial charge on any atom is -0.307 e. The van der Waals surface area contributed by atoms with Gasteiger partial charge in [0.1, 0.15) is 0 Å². The van der Waals surface area contributed by atoms with Crippen molar-refractivity contribution in [3.05, 3.63) is 35.9 Å². The van der Waals surface area contributed by atoms with Crippen LogP contribution in [0, 0.1) is 0 Å². The van der Waals surface area contributed by atoms with Crippen LogP contribution in [0.15, 0.2) is 30.3 Å². The van der Waals surface area contributed by atoms with Gasteiger partial charge in [-0.1, -0.05) is 30.3 Å². The van der Waals surface area contributed by atoms with Crippen LogP contribution in [0.4, 0.5) is 0 Å². The van der Waals surface area contributed by atoms with Crippen LogP contribution in [0.2, 0.25) is 0 Å². The molecule has 13 heavy (non-hydrogen) atoms. The maximum absolute atomic E-state index is 3.52. The highest BCUT2D eigenvalue weighted by Crippen LogP contribution is 2.05. The Morgan fingerprint density at radius 3 is 2.69 bits per heavy atom. The summed E-state index contributed by atoms with van der Waals surface area (Å²) in [6.45, 7) is 3.37. The molecule has 0 bridgehead atoms. The molecule has 0 unspecified atom stereocenters. The number of hydrogen-bond donors (Lipinski definition) is 1. The minimum absolute atomic E-state index is 0. The standard InChI is InChI=1S/C11H16N2.H2/c1-13-8-11(9-13)12-7-10-5-3-2-4-6-10;/h2-6,11-12H,7-9H2,1H3;1H. The first-order valence-electron chi connectivity index (χ1n) is 4.80. The molecule has 1 heterocycles. The molecule has 1 saturated heterocycles. The number of nitrogens with one attached hydrogen (secondary N) is 1. The lowest BCUT2D eigenvalue weighted by molar-refractivity contribution is 0.161. The van der Waals surface area contributed by atoms with Crippen LogP contribution in [-0.2, 0) is 6.54 Å². The molecule has 2 heteroatoms. The van der Waals surface area contributed by atoms with Crippen molar-refractivity contribution in [2.24, 2.45) is 0 Å². The highest BCUT2D eigenvalue weighted by atomic mass is 15.2. The summed E-state index contributed by atoms with van der Waals surface area (Å²) in [6, 6.07) is 11.3. The maximum atomic E-state index is 3.52. The zero-order valence-corrected chi connectivity index (χ0v) is 8.03. The Hall–Kier alpha value is -0.860. The fraction of sp³-hybridized carbons (Fsp3) is 0.455. The Kier molecular flexibility index (Phi) is 2.62. The predicted molar refractivity (Wildman–Crippen MR) is 56.7 cm³/mol. The summed E-state index contributed by atoms with van der Waals surface area (Å²) in [5.41, 5.74) is 1.37. The number of benzene rings is 1. The zero-order chi connectivity index (χ0) is 9.10. The second-order valence-corrected chi connectivity index (χ2v) is 3.78. The average Bonchev–Trinajstić information content (AvgIpc) is 2.12. The van der Waals surface area contributed by atoms with Crippen LogP contribution in [0.25, 0.3) is 0 Å². The first-order valence-corrected chi connectivity index (χ1v) is 4.80. The van der Waals surface area contributed by atoms with E-state index in [1.807, 2.05) is 0 Å². The van der Waals surface area contributed by atoms with Crippen LogP contribution in [0.5, 0.6) is 0 Å². The van der Waals surface area contributed by atoms with E-state index in [-0.39, 0.29) is 1.43 Å². The molecule has 1 aliphatic rings. The Morgan fingerprint density at radius 2 is 2.08 bits per heavy atom. The van der Waals surface area contributed by atoms with Gasteiger partial charge in [-0.15, -0.1) is 0 Å². The van der Waals surface area contributed by atoms with E-state index in [1.54, 1.807) is 0 Å². The molecule has 2 nitrogen and oxygen atoms in total. The van der Waals surface area contributed by atoms with E-state index in [1.165, 1.54) is 18.7 Å². The molecule has 0 aromatic heterocycles. The van der Waals surface area contributed by atoms with Crippen molar-refractivity contribution in [3.8, 4) is 0 Å². The van der Waals surface area contributed by atoms with Gasteiger partial charge < -0.3 is 10.2 Å². The second-order valence-electron chi connectivity index (χ2n) is 3.78. The van der Waals surface area contributed by atoms with Crippen LogP contribution in [0.1, 0.15) is 6.99 Å². The number of rotatable bonds is 3. The van der Waals surface area contributed by atoms with E-state index >= 15 is 0 Å². The van der Waals surface area contributed by atoms with Gasteiger partial charge in [0, 0.05) is 27.1 Å². The first kappa shape index (κ1) is 8.73.